The lowest BCUT2D eigenvalue weighted by molar-refractivity contribution is 0.0935. The van der Waals surface area contributed by atoms with Gasteiger partial charge in [-0.3, -0.25) is 9.85 Å². The Morgan fingerprint density at radius 2 is 1.64 bits per heavy atom. The van der Waals surface area contributed by atoms with E-state index in [0.29, 0.717) is 6.61 Å². The number of anilines is 1. The number of nitrogens with zero attached hydrogens (tertiary/aromatic N) is 1. The van der Waals surface area contributed by atoms with Gasteiger partial charge in [0.1, 0.15) is 0 Å². The third-order valence-corrected chi connectivity index (χ3v) is 4.61. The van der Waals surface area contributed by atoms with Crippen LogP contribution in [0.3, 0.4) is 0 Å². The molecule has 2 aromatic rings. The van der Waals surface area contributed by atoms with Crippen molar-refractivity contribution in [1.29, 1.82) is 0 Å². The molecule has 1 atom stereocenters. The Labute approximate surface area is 148 Å². The molecule has 25 heavy (non-hydrogen) atoms. The van der Waals surface area contributed by atoms with Crippen LogP contribution < -0.4 is 15.7 Å². The molecule has 0 amide bonds. The quantitative estimate of drug-likeness (QED) is 0.756. The highest BCUT2D eigenvalue weighted by atomic mass is 32.2. The molecule has 4 N–H and O–H groups in total. The second kappa shape index (κ2) is 8.41. The largest absolute Gasteiger partial charge is 0.394 e. The SMILES string of the molecule is Cc1ccc(N2NOCC2CO)cc1.Cc1ccc(S(N)(=O)=O)cc1. The van der Waals surface area contributed by atoms with Crippen molar-refractivity contribution in [2.75, 3.05) is 18.2 Å². The molecule has 0 radical (unpaired) electrons. The molecule has 3 rings (SSSR count). The van der Waals surface area contributed by atoms with E-state index in [2.05, 4.69) is 5.59 Å². The number of nitrogens with two attached hydrogens (primary N) is 1. The maximum atomic E-state index is 10.7. The number of hydrogen-bond acceptors (Lipinski definition) is 6. The van der Waals surface area contributed by atoms with E-state index in [9.17, 15) is 8.42 Å². The zero-order chi connectivity index (χ0) is 18.4. The van der Waals surface area contributed by atoms with Gasteiger partial charge in [-0.2, -0.15) is 0 Å². The molecule has 0 spiro atoms. The predicted octanol–water partition coefficient (Wildman–Crippen LogP) is 1.25. The van der Waals surface area contributed by atoms with Gasteiger partial charge in [0.2, 0.25) is 10.0 Å². The lowest BCUT2D eigenvalue weighted by Crippen LogP contribution is -2.39. The number of hydrogen-bond donors (Lipinski definition) is 3. The number of aliphatic hydroxyl groups is 1. The predicted molar refractivity (Wildman–Crippen MR) is 96.2 cm³/mol. The van der Waals surface area contributed by atoms with Gasteiger partial charge in [0, 0.05) is 0 Å². The summed E-state index contributed by atoms with van der Waals surface area (Å²) in [5.74, 6) is 0. The number of rotatable bonds is 3. The minimum atomic E-state index is -3.52. The van der Waals surface area contributed by atoms with Gasteiger partial charge in [-0.25, -0.2) is 13.6 Å². The van der Waals surface area contributed by atoms with Crippen molar-refractivity contribution in [3.05, 3.63) is 59.7 Å². The third kappa shape index (κ3) is 5.52. The Balaban J connectivity index is 0.000000186. The van der Waals surface area contributed by atoms with Crippen molar-refractivity contribution in [3.8, 4) is 0 Å². The minimum absolute atomic E-state index is 0.00212. The summed E-state index contributed by atoms with van der Waals surface area (Å²) in [7, 11) is -3.52. The Kier molecular flexibility index (Phi) is 6.51. The fraction of sp³-hybridized carbons (Fsp3) is 0.294. The first-order valence-corrected chi connectivity index (χ1v) is 9.29. The Hall–Kier alpha value is -1.97. The fourth-order valence-electron chi connectivity index (χ4n) is 2.18. The standard InChI is InChI=1S/C10H14N2O2.C7H9NO2S/c1-8-2-4-9(5-3-8)12-10(6-13)7-14-11-12;1-6-2-4-7(5-3-6)11(8,9)10/h2-5,10-11,13H,6-7H2,1H3;2-5H,1H3,(H2,8,9,10). The molecule has 1 heterocycles. The number of primary sulfonamides is 1. The number of hydrazine groups is 1. The zero-order valence-corrected chi connectivity index (χ0v) is 15.0. The van der Waals surface area contributed by atoms with Crippen molar-refractivity contribution in [2.24, 2.45) is 5.14 Å². The zero-order valence-electron chi connectivity index (χ0n) is 14.2. The summed E-state index contributed by atoms with van der Waals surface area (Å²) in [6.07, 6.45) is 0. The summed E-state index contributed by atoms with van der Waals surface area (Å²) in [6, 6.07) is 14.5. The molecule has 1 saturated heterocycles. The summed E-state index contributed by atoms with van der Waals surface area (Å²) >= 11 is 0. The van der Waals surface area contributed by atoms with E-state index in [-0.39, 0.29) is 17.5 Å². The van der Waals surface area contributed by atoms with Gasteiger partial charge in [0.25, 0.3) is 0 Å². The number of aryl methyl sites for hydroxylation is 2. The molecule has 2 aromatic carbocycles. The maximum absolute atomic E-state index is 10.7. The van der Waals surface area contributed by atoms with E-state index in [0.717, 1.165) is 11.3 Å². The summed E-state index contributed by atoms with van der Waals surface area (Å²) in [5, 5.41) is 15.8. The number of sulfonamides is 1. The Morgan fingerprint density at radius 3 is 2.12 bits per heavy atom. The van der Waals surface area contributed by atoms with Crippen molar-refractivity contribution in [2.45, 2.75) is 24.8 Å². The highest BCUT2D eigenvalue weighted by molar-refractivity contribution is 7.89. The van der Waals surface area contributed by atoms with Gasteiger partial charge in [-0.1, -0.05) is 35.4 Å². The van der Waals surface area contributed by atoms with E-state index in [1.54, 1.807) is 12.1 Å². The average Bonchev–Trinajstić information content (AvgIpc) is 3.04. The molecular formula is C17H23N3O4S. The summed E-state index contributed by atoms with van der Waals surface area (Å²) < 4.78 is 21.4. The van der Waals surface area contributed by atoms with E-state index in [1.807, 2.05) is 43.1 Å². The third-order valence-electron chi connectivity index (χ3n) is 3.68. The first kappa shape index (κ1) is 19.4. The van der Waals surface area contributed by atoms with Crippen LogP contribution in [0.4, 0.5) is 5.69 Å². The molecule has 1 aliphatic heterocycles. The summed E-state index contributed by atoms with van der Waals surface area (Å²) in [6.45, 7) is 4.51. The van der Waals surface area contributed by atoms with Crippen LogP contribution >= 0.6 is 0 Å². The molecule has 136 valence electrons. The van der Waals surface area contributed by atoms with Crippen molar-refractivity contribution in [1.82, 2.24) is 5.59 Å². The van der Waals surface area contributed by atoms with Gasteiger partial charge in [0.05, 0.1) is 29.8 Å². The van der Waals surface area contributed by atoms with Crippen molar-refractivity contribution in [3.63, 3.8) is 0 Å². The van der Waals surface area contributed by atoms with Crippen LogP contribution in [0.5, 0.6) is 0 Å². The van der Waals surface area contributed by atoms with Crippen LogP contribution in [0.2, 0.25) is 0 Å². The Morgan fingerprint density at radius 1 is 1.12 bits per heavy atom. The molecule has 8 heteroatoms. The highest BCUT2D eigenvalue weighted by Gasteiger charge is 2.24. The lowest BCUT2D eigenvalue weighted by atomic mass is 10.2. The number of nitrogens with one attached hydrogen (secondary N) is 1. The van der Waals surface area contributed by atoms with Gasteiger partial charge in [-0.05, 0) is 38.1 Å². The lowest BCUT2D eigenvalue weighted by Gasteiger charge is -2.22. The molecule has 1 fully saturated rings. The van der Waals surface area contributed by atoms with E-state index < -0.39 is 10.0 Å². The van der Waals surface area contributed by atoms with Crippen LogP contribution in [0, 0.1) is 13.8 Å². The molecular weight excluding hydrogens is 342 g/mol. The normalized spacial score (nSPS) is 17.1. The van der Waals surface area contributed by atoms with Crippen molar-refractivity contribution >= 4 is 15.7 Å². The van der Waals surface area contributed by atoms with Gasteiger partial charge in [0.15, 0.2) is 0 Å². The molecule has 0 aliphatic carbocycles. The van der Waals surface area contributed by atoms with Crippen LogP contribution in [-0.4, -0.2) is 32.8 Å². The van der Waals surface area contributed by atoms with E-state index in [4.69, 9.17) is 15.1 Å². The van der Waals surface area contributed by atoms with Crippen molar-refractivity contribution < 1.29 is 18.4 Å². The minimum Gasteiger partial charge on any atom is -0.394 e. The maximum Gasteiger partial charge on any atom is 0.238 e. The molecule has 1 aliphatic rings. The van der Waals surface area contributed by atoms with Crippen LogP contribution in [-0.2, 0) is 14.9 Å². The van der Waals surface area contributed by atoms with Gasteiger partial charge >= 0.3 is 0 Å². The van der Waals surface area contributed by atoms with E-state index in [1.165, 1.54) is 17.7 Å². The van der Waals surface area contributed by atoms with Crippen LogP contribution in [0.1, 0.15) is 11.1 Å². The second-order valence-corrected chi connectivity index (χ2v) is 7.36. The van der Waals surface area contributed by atoms with E-state index >= 15 is 0 Å². The molecule has 1 unspecified atom stereocenters. The molecule has 0 bridgehead atoms. The average molecular weight is 365 g/mol. The fourth-order valence-corrected chi connectivity index (χ4v) is 2.70. The highest BCUT2D eigenvalue weighted by Crippen LogP contribution is 2.18. The van der Waals surface area contributed by atoms with Gasteiger partial charge in [-0.15, -0.1) is 5.59 Å². The summed E-state index contributed by atoms with van der Waals surface area (Å²) in [5.41, 5.74) is 6.00. The smallest absolute Gasteiger partial charge is 0.238 e. The second-order valence-electron chi connectivity index (χ2n) is 5.80. The number of aliphatic hydroxyl groups excluding tert-OH is 1. The van der Waals surface area contributed by atoms with Crippen LogP contribution in [0.25, 0.3) is 0 Å². The van der Waals surface area contributed by atoms with Crippen LogP contribution in [0.15, 0.2) is 53.4 Å². The molecule has 0 aromatic heterocycles. The topological polar surface area (TPSA) is 105 Å². The molecule has 0 saturated carbocycles. The molecule has 7 nitrogen and oxygen atoms in total. The monoisotopic (exact) mass is 365 g/mol. The summed E-state index contributed by atoms with van der Waals surface area (Å²) in [4.78, 5) is 5.22. The first-order chi connectivity index (χ1) is 11.8. The van der Waals surface area contributed by atoms with Gasteiger partial charge < -0.3 is 5.11 Å². The number of benzene rings is 2. The Bertz CT molecular complexity index is 777. The first-order valence-electron chi connectivity index (χ1n) is 7.75.